The van der Waals surface area contributed by atoms with Gasteiger partial charge in [0.1, 0.15) is 11.3 Å². The average molecular weight is 288 g/mol. The predicted molar refractivity (Wildman–Crippen MR) is 82.3 cm³/mol. The van der Waals surface area contributed by atoms with Crippen molar-refractivity contribution in [1.82, 2.24) is 0 Å². The molecule has 112 valence electrons. The molecular formula is C17H20O4. The predicted octanol–water partition coefficient (Wildman–Crippen LogP) is 3.74. The smallest absolute Gasteiger partial charge is 0.336 e. The van der Waals surface area contributed by atoms with Crippen LogP contribution in [-0.2, 0) is 6.42 Å². The molecular weight excluding hydrogens is 268 g/mol. The lowest BCUT2D eigenvalue weighted by Gasteiger charge is -2.10. The van der Waals surface area contributed by atoms with Gasteiger partial charge in [0.15, 0.2) is 6.29 Å². The van der Waals surface area contributed by atoms with E-state index in [0.717, 1.165) is 18.4 Å². The molecule has 0 aliphatic heterocycles. The molecule has 0 unspecified atom stereocenters. The molecule has 0 saturated heterocycles. The molecule has 0 N–H and O–H groups in total. The van der Waals surface area contributed by atoms with Crippen LogP contribution in [0.4, 0.5) is 0 Å². The number of methoxy groups -OCH3 is 1. The third-order valence-corrected chi connectivity index (χ3v) is 3.60. The van der Waals surface area contributed by atoms with E-state index >= 15 is 0 Å². The van der Waals surface area contributed by atoms with Gasteiger partial charge in [-0.15, -0.1) is 0 Å². The molecule has 2 rings (SSSR count). The largest absolute Gasteiger partial charge is 0.496 e. The minimum absolute atomic E-state index is 0.360. The van der Waals surface area contributed by atoms with Crippen molar-refractivity contribution in [2.75, 3.05) is 7.11 Å². The number of aldehydes is 1. The highest BCUT2D eigenvalue weighted by Gasteiger charge is 2.11. The second-order valence-corrected chi connectivity index (χ2v) is 5.11. The SMILES string of the molecule is CCCCCCc1cc2c(C=O)cc(=O)oc2cc1OC. The summed E-state index contributed by atoms with van der Waals surface area (Å²) in [6.45, 7) is 2.18. The van der Waals surface area contributed by atoms with Crippen LogP contribution in [0.15, 0.2) is 27.4 Å². The van der Waals surface area contributed by atoms with Crippen molar-refractivity contribution in [3.05, 3.63) is 39.7 Å². The maximum atomic E-state index is 11.4. The van der Waals surface area contributed by atoms with Gasteiger partial charge in [-0.3, -0.25) is 4.79 Å². The maximum absolute atomic E-state index is 11.4. The van der Waals surface area contributed by atoms with E-state index in [1.165, 1.54) is 25.3 Å². The van der Waals surface area contributed by atoms with Crippen LogP contribution in [0.25, 0.3) is 11.0 Å². The number of benzene rings is 1. The summed E-state index contributed by atoms with van der Waals surface area (Å²) in [5.41, 5.74) is 1.26. The molecule has 0 spiro atoms. The molecule has 0 bridgehead atoms. The Bertz CT molecular complexity index is 685. The Labute approximate surface area is 123 Å². The molecule has 0 atom stereocenters. The lowest BCUT2D eigenvalue weighted by atomic mass is 10.0. The normalized spacial score (nSPS) is 10.8. The van der Waals surface area contributed by atoms with Crippen LogP contribution < -0.4 is 10.4 Å². The van der Waals surface area contributed by atoms with Gasteiger partial charge in [0.2, 0.25) is 0 Å². The second-order valence-electron chi connectivity index (χ2n) is 5.11. The van der Waals surface area contributed by atoms with E-state index in [2.05, 4.69) is 6.92 Å². The summed E-state index contributed by atoms with van der Waals surface area (Å²) in [6.07, 6.45) is 6.22. The van der Waals surface area contributed by atoms with Crippen LogP contribution in [0.1, 0.15) is 48.5 Å². The first-order chi connectivity index (χ1) is 10.2. The summed E-state index contributed by atoms with van der Waals surface area (Å²) in [5, 5.41) is 0.663. The van der Waals surface area contributed by atoms with Crippen molar-refractivity contribution in [2.24, 2.45) is 0 Å². The summed E-state index contributed by atoms with van der Waals surface area (Å²) in [4.78, 5) is 22.6. The van der Waals surface area contributed by atoms with Crippen LogP contribution in [0, 0.1) is 0 Å². The van der Waals surface area contributed by atoms with E-state index in [1.54, 1.807) is 13.2 Å². The number of carbonyl (C=O) groups is 1. The summed E-state index contributed by atoms with van der Waals surface area (Å²) in [7, 11) is 1.60. The molecule has 21 heavy (non-hydrogen) atoms. The van der Waals surface area contributed by atoms with Crippen LogP contribution in [-0.4, -0.2) is 13.4 Å². The average Bonchev–Trinajstić information content (AvgIpc) is 2.50. The highest BCUT2D eigenvalue weighted by molar-refractivity contribution is 5.96. The fourth-order valence-corrected chi connectivity index (χ4v) is 2.48. The monoisotopic (exact) mass is 288 g/mol. The van der Waals surface area contributed by atoms with Crippen LogP contribution in [0.2, 0.25) is 0 Å². The number of fused-ring (bicyclic) bond motifs is 1. The molecule has 1 aromatic carbocycles. The molecule has 0 fully saturated rings. The molecule has 0 aliphatic carbocycles. The third kappa shape index (κ3) is 3.51. The summed E-state index contributed by atoms with van der Waals surface area (Å²) in [6, 6.07) is 4.81. The highest BCUT2D eigenvalue weighted by Crippen LogP contribution is 2.28. The minimum Gasteiger partial charge on any atom is -0.496 e. The number of unbranched alkanes of at least 4 members (excludes halogenated alkanes) is 3. The zero-order chi connectivity index (χ0) is 15.2. The van der Waals surface area contributed by atoms with Crippen molar-refractivity contribution in [2.45, 2.75) is 39.0 Å². The first kappa shape index (κ1) is 15.3. The quantitative estimate of drug-likeness (QED) is 0.442. The fraction of sp³-hybridized carbons (Fsp3) is 0.412. The van der Waals surface area contributed by atoms with Crippen molar-refractivity contribution in [3.63, 3.8) is 0 Å². The third-order valence-electron chi connectivity index (χ3n) is 3.60. The van der Waals surface area contributed by atoms with Crippen molar-refractivity contribution in [1.29, 1.82) is 0 Å². The number of carbonyl (C=O) groups excluding carboxylic acids is 1. The van der Waals surface area contributed by atoms with E-state index in [0.29, 0.717) is 28.6 Å². The van der Waals surface area contributed by atoms with Gasteiger partial charge in [-0.25, -0.2) is 4.79 Å². The second kappa shape index (κ2) is 7.07. The Morgan fingerprint density at radius 1 is 1.19 bits per heavy atom. The molecule has 0 aliphatic rings. The standard InChI is InChI=1S/C17H20O4/c1-3-4-5-6-7-12-8-14-13(11-18)9-17(19)21-16(14)10-15(12)20-2/h8-11H,3-7H2,1-2H3. The minimum atomic E-state index is -0.526. The number of aryl methyl sites for hydroxylation is 1. The topological polar surface area (TPSA) is 56.5 Å². The van der Waals surface area contributed by atoms with Gasteiger partial charge in [-0.05, 0) is 24.5 Å². The Morgan fingerprint density at radius 2 is 2.00 bits per heavy atom. The first-order valence-corrected chi connectivity index (χ1v) is 7.29. The zero-order valence-corrected chi connectivity index (χ0v) is 12.5. The molecule has 4 heteroatoms. The molecule has 4 nitrogen and oxygen atoms in total. The lowest BCUT2D eigenvalue weighted by Crippen LogP contribution is -2.01. The maximum Gasteiger partial charge on any atom is 0.336 e. The summed E-state index contributed by atoms with van der Waals surface area (Å²) in [5.74, 6) is 0.699. The molecule has 1 heterocycles. The highest BCUT2D eigenvalue weighted by atomic mass is 16.5. The van der Waals surface area contributed by atoms with Gasteiger partial charge in [-0.2, -0.15) is 0 Å². The number of hydrogen-bond acceptors (Lipinski definition) is 4. The Hall–Kier alpha value is -2.10. The van der Waals surface area contributed by atoms with Gasteiger partial charge in [-0.1, -0.05) is 26.2 Å². The van der Waals surface area contributed by atoms with Crippen LogP contribution in [0.5, 0.6) is 5.75 Å². The lowest BCUT2D eigenvalue weighted by molar-refractivity contribution is 0.112. The van der Waals surface area contributed by atoms with Crippen molar-refractivity contribution >= 4 is 17.3 Å². The van der Waals surface area contributed by atoms with E-state index in [9.17, 15) is 9.59 Å². The molecule has 0 saturated carbocycles. The van der Waals surface area contributed by atoms with E-state index in [-0.39, 0.29) is 0 Å². The van der Waals surface area contributed by atoms with E-state index in [4.69, 9.17) is 9.15 Å². The fourth-order valence-electron chi connectivity index (χ4n) is 2.48. The number of hydrogen-bond donors (Lipinski definition) is 0. The zero-order valence-electron chi connectivity index (χ0n) is 12.5. The summed E-state index contributed by atoms with van der Waals surface area (Å²) >= 11 is 0. The number of ether oxygens (including phenoxy) is 1. The van der Waals surface area contributed by atoms with Gasteiger partial charge in [0, 0.05) is 23.1 Å². The van der Waals surface area contributed by atoms with E-state index in [1.807, 2.05) is 6.07 Å². The van der Waals surface area contributed by atoms with Gasteiger partial charge >= 0.3 is 5.63 Å². The Balaban J connectivity index is 2.42. The number of rotatable bonds is 7. The van der Waals surface area contributed by atoms with Crippen molar-refractivity contribution in [3.8, 4) is 5.75 Å². The van der Waals surface area contributed by atoms with Crippen LogP contribution >= 0.6 is 0 Å². The molecule has 0 radical (unpaired) electrons. The van der Waals surface area contributed by atoms with E-state index < -0.39 is 5.63 Å². The van der Waals surface area contributed by atoms with Gasteiger partial charge in [0.05, 0.1) is 7.11 Å². The Morgan fingerprint density at radius 3 is 2.67 bits per heavy atom. The molecule has 2 aromatic rings. The summed E-state index contributed by atoms with van der Waals surface area (Å²) < 4.78 is 10.5. The van der Waals surface area contributed by atoms with Gasteiger partial charge in [0.25, 0.3) is 0 Å². The molecule has 1 aromatic heterocycles. The van der Waals surface area contributed by atoms with Crippen molar-refractivity contribution < 1.29 is 13.9 Å². The molecule has 0 amide bonds. The van der Waals surface area contributed by atoms with Gasteiger partial charge < -0.3 is 9.15 Å². The van der Waals surface area contributed by atoms with Crippen LogP contribution in [0.3, 0.4) is 0 Å². The Kier molecular flexibility index (Phi) is 5.14. The first-order valence-electron chi connectivity index (χ1n) is 7.29.